The number of rotatable bonds is 10. The van der Waals surface area contributed by atoms with Gasteiger partial charge in [0.2, 0.25) is 0 Å². The van der Waals surface area contributed by atoms with Gasteiger partial charge in [-0.15, -0.1) is 0 Å². The molecular formula is C16H28N2O. The topological polar surface area (TPSA) is 38.5 Å². The molecule has 0 aromatic heterocycles. The van der Waals surface area contributed by atoms with Gasteiger partial charge < -0.3 is 15.4 Å². The summed E-state index contributed by atoms with van der Waals surface area (Å²) in [6.45, 7) is 9.54. The van der Waals surface area contributed by atoms with Crippen LogP contribution in [-0.4, -0.2) is 37.7 Å². The Labute approximate surface area is 117 Å². The predicted molar refractivity (Wildman–Crippen MR) is 82.4 cm³/mol. The lowest BCUT2D eigenvalue weighted by Gasteiger charge is -2.17. The van der Waals surface area contributed by atoms with E-state index in [1.165, 1.54) is 5.56 Å². The standard InChI is InChI=1S/C16H28N2O/c1-3-18(4-2)12-6-14-19-13-5-7-15-8-10-16(17)11-9-15/h8-11H,3-7,12-14,17H2,1-2H3. The monoisotopic (exact) mass is 264 g/mol. The van der Waals surface area contributed by atoms with Crippen molar-refractivity contribution in [1.82, 2.24) is 4.90 Å². The minimum absolute atomic E-state index is 0.830. The highest BCUT2D eigenvalue weighted by Crippen LogP contribution is 2.07. The summed E-state index contributed by atoms with van der Waals surface area (Å²) in [7, 11) is 0. The minimum Gasteiger partial charge on any atom is -0.399 e. The highest BCUT2D eigenvalue weighted by Gasteiger charge is 1.98. The van der Waals surface area contributed by atoms with Crippen LogP contribution in [0.25, 0.3) is 0 Å². The average molecular weight is 264 g/mol. The maximum absolute atomic E-state index is 5.67. The first-order valence-electron chi connectivity index (χ1n) is 7.40. The molecule has 2 N–H and O–H groups in total. The van der Waals surface area contributed by atoms with Crippen LogP contribution in [0.1, 0.15) is 32.3 Å². The van der Waals surface area contributed by atoms with Crippen molar-refractivity contribution in [2.24, 2.45) is 0 Å². The second-order valence-corrected chi connectivity index (χ2v) is 4.84. The fourth-order valence-corrected chi connectivity index (χ4v) is 2.09. The molecule has 0 saturated heterocycles. The zero-order valence-electron chi connectivity index (χ0n) is 12.4. The maximum atomic E-state index is 5.67. The van der Waals surface area contributed by atoms with Gasteiger partial charge in [0.1, 0.15) is 0 Å². The van der Waals surface area contributed by atoms with E-state index in [2.05, 4.69) is 30.9 Å². The Morgan fingerprint density at radius 1 is 1.00 bits per heavy atom. The lowest BCUT2D eigenvalue weighted by Crippen LogP contribution is -2.24. The molecule has 0 heterocycles. The first kappa shape index (κ1) is 16.0. The molecule has 3 nitrogen and oxygen atoms in total. The molecule has 0 aliphatic carbocycles. The molecule has 0 spiro atoms. The number of benzene rings is 1. The summed E-state index contributed by atoms with van der Waals surface area (Å²) in [5.74, 6) is 0. The molecule has 19 heavy (non-hydrogen) atoms. The highest BCUT2D eigenvalue weighted by atomic mass is 16.5. The first-order valence-corrected chi connectivity index (χ1v) is 7.40. The van der Waals surface area contributed by atoms with E-state index in [4.69, 9.17) is 10.5 Å². The van der Waals surface area contributed by atoms with E-state index >= 15 is 0 Å². The van der Waals surface area contributed by atoms with E-state index in [-0.39, 0.29) is 0 Å². The third kappa shape index (κ3) is 7.19. The second-order valence-electron chi connectivity index (χ2n) is 4.84. The Balaban J connectivity index is 1.98. The van der Waals surface area contributed by atoms with Crippen LogP contribution in [0, 0.1) is 0 Å². The molecule has 108 valence electrons. The van der Waals surface area contributed by atoms with Crippen molar-refractivity contribution >= 4 is 5.69 Å². The van der Waals surface area contributed by atoms with Gasteiger partial charge in [-0.25, -0.2) is 0 Å². The van der Waals surface area contributed by atoms with Gasteiger partial charge in [-0.05, 0) is 50.0 Å². The van der Waals surface area contributed by atoms with E-state index in [9.17, 15) is 0 Å². The molecule has 1 aromatic rings. The maximum Gasteiger partial charge on any atom is 0.0478 e. The van der Waals surface area contributed by atoms with E-state index in [0.717, 1.165) is 57.8 Å². The van der Waals surface area contributed by atoms with Gasteiger partial charge in [0.25, 0.3) is 0 Å². The van der Waals surface area contributed by atoms with Crippen molar-refractivity contribution in [3.05, 3.63) is 29.8 Å². The smallest absolute Gasteiger partial charge is 0.0478 e. The predicted octanol–water partition coefficient (Wildman–Crippen LogP) is 2.95. The molecule has 0 fully saturated rings. The van der Waals surface area contributed by atoms with Crippen molar-refractivity contribution < 1.29 is 4.74 Å². The van der Waals surface area contributed by atoms with E-state index < -0.39 is 0 Å². The lowest BCUT2D eigenvalue weighted by atomic mass is 10.1. The van der Waals surface area contributed by atoms with Crippen LogP contribution in [0.15, 0.2) is 24.3 Å². The Kier molecular flexibility index (Phi) is 8.26. The van der Waals surface area contributed by atoms with E-state index in [1.54, 1.807) is 0 Å². The molecular weight excluding hydrogens is 236 g/mol. The number of hydrogen-bond donors (Lipinski definition) is 1. The van der Waals surface area contributed by atoms with Crippen LogP contribution in [-0.2, 0) is 11.2 Å². The fourth-order valence-electron chi connectivity index (χ4n) is 2.09. The van der Waals surface area contributed by atoms with Gasteiger partial charge in [-0.3, -0.25) is 0 Å². The van der Waals surface area contributed by atoms with Crippen molar-refractivity contribution in [2.45, 2.75) is 33.1 Å². The second kappa shape index (κ2) is 9.82. The summed E-state index contributed by atoms with van der Waals surface area (Å²) >= 11 is 0. The van der Waals surface area contributed by atoms with Crippen LogP contribution in [0.2, 0.25) is 0 Å². The third-order valence-electron chi connectivity index (χ3n) is 3.39. The van der Waals surface area contributed by atoms with E-state index in [0.29, 0.717) is 0 Å². The van der Waals surface area contributed by atoms with Gasteiger partial charge in [0, 0.05) is 25.4 Å². The number of nitrogen functional groups attached to an aromatic ring is 1. The molecule has 0 atom stereocenters. The molecule has 0 saturated carbocycles. The Hall–Kier alpha value is -1.06. The van der Waals surface area contributed by atoms with Crippen molar-refractivity contribution in [3.63, 3.8) is 0 Å². The summed E-state index contributed by atoms with van der Waals surface area (Å²) in [5, 5.41) is 0. The number of ether oxygens (including phenoxy) is 1. The van der Waals surface area contributed by atoms with Gasteiger partial charge in [0.05, 0.1) is 0 Å². The quantitative estimate of drug-likeness (QED) is 0.521. The normalized spacial score (nSPS) is 11.1. The zero-order chi connectivity index (χ0) is 13.9. The van der Waals surface area contributed by atoms with Crippen LogP contribution in [0.5, 0.6) is 0 Å². The molecule has 0 aliphatic heterocycles. The highest BCUT2D eigenvalue weighted by molar-refractivity contribution is 5.39. The number of nitrogens with zero attached hydrogens (tertiary/aromatic N) is 1. The zero-order valence-corrected chi connectivity index (χ0v) is 12.4. The van der Waals surface area contributed by atoms with Crippen molar-refractivity contribution in [1.29, 1.82) is 0 Å². The fraction of sp³-hybridized carbons (Fsp3) is 0.625. The Morgan fingerprint density at radius 2 is 1.63 bits per heavy atom. The molecule has 3 heteroatoms. The van der Waals surface area contributed by atoms with Crippen LogP contribution < -0.4 is 5.73 Å². The largest absolute Gasteiger partial charge is 0.399 e. The Bertz CT molecular complexity index is 320. The number of nitrogens with two attached hydrogens (primary N) is 1. The summed E-state index contributed by atoms with van der Waals surface area (Å²) in [5.41, 5.74) is 7.82. The lowest BCUT2D eigenvalue weighted by molar-refractivity contribution is 0.120. The minimum atomic E-state index is 0.830. The molecule has 0 aliphatic rings. The van der Waals surface area contributed by atoms with E-state index in [1.807, 2.05) is 12.1 Å². The van der Waals surface area contributed by atoms with Gasteiger partial charge >= 0.3 is 0 Å². The van der Waals surface area contributed by atoms with Crippen LogP contribution in [0.3, 0.4) is 0 Å². The summed E-state index contributed by atoms with van der Waals surface area (Å²) < 4.78 is 5.67. The number of aryl methyl sites for hydroxylation is 1. The van der Waals surface area contributed by atoms with Gasteiger partial charge in [-0.1, -0.05) is 26.0 Å². The Morgan fingerprint density at radius 3 is 2.26 bits per heavy atom. The third-order valence-corrected chi connectivity index (χ3v) is 3.39. The molecule has 1 rings (SSSR count). The molecule has 0 unspecified atom stereocenters. The van der Waals surface area contributed by atoms with Crippen molar-refractivity contribution in [2.75, 3.05) is 38.6 Å². The SMILES string of the molecule is CCN(CC)CCCOCCCc1ccc(N)cc1. The summed E-state index contributed by atoms with van der Waals surface area (Å²) in [6, 6.07) is 8.10. The molecule has 0 bridgehead atoms. The number of hydrogen-bond acceptors (Lipinski definition) is 3. The summed E-state index contributed by atoms with van der Waals surface area (Å²) in [4.78, 5) is 2.43. The number of anilines is 1. The van der Waals surface area contributed by atoms with Crippen LogP contribution in [0.4, 0.5) is 5.69 Å². The van der Waals surface area contributed by atoms with Gasteiger partial charge in [-0.2, -0.15) is 0 Å². The molecule has 0 amide bonds. The molecule has 1 aromatic carbocycles. The average Bonchev–Trinajstić information content (AvgIpc) is 2.44. The summed E-state index contributed by atoms with van der Waals surface area (Å²) in [6.07, 6.45) is 3.27. The van der Waals surface area contributed by atoms with Gasteiger partial charge in [0.15, 0.2) is 0 Å². The first-order chi connectivity index (χ1) is 9.26. The molecule has 0 radical (unpaired) electrons. The van der Waals surface area contributed by atoms with Crippen molar-refractivity contribution in [3.8, 4) is 0 Å². The van der Waals surface area contributed by atoms with Crippen LogP contribution >= 0.6 is 0 Å².